The van der Waals surface area contributed by atoms with Gasteiger partial charge in [0, 0.05) is 19.4 Å². The third-order valence-corrected chi connectivity index (χ3v) is 8.26. The van der Waals surface area contributed by atoms with E-state index in [0.29, 0.717) is 44.1 Å². The molecule has 1 saturated heterocycles. The van der Waals surface area contributed by atoms with Crippen LogP contribution in [0.3, 0.4) is 0 Å². The molecule has 7 heteroatoms. The van der Waals surface area contributed by atoms with Crippen LogP contribution in [0, 0.1) is 0 Å². The van der Waals surface area contributed by atoms with Crippen molar-refractivity contribution in [2.75, 3.05) is 32.8 Å². The molecule has 7 nitrogen and oxygen atoms in total. The first-order chi connectivity index (χ1) is 20.1. The smallest absolute Gasteiger partial charge is 0.306 e. The predicted molar refractivity (Wildman–Crippen MR) is 164 cm³/mol. The molecular weight excluding hydrogens is 516 g/mol. The van der Waals surface area contributed by atoms with Gasteiger partial charge in [0.15, 0.2) is 11.5 Å². The van der Waals surface area contributed by atoms with Crippen molar-refractivity contribution < 1.29 is 23.8 Å². The van der Waals surface area contributed by atoms with E-state index in [-0.39, 0.29) is 17.9 Å². The topological polar surface area (TPSA) is 77.1 Å². The first kappa shape index (κ1) is 33.2. The van der Waals surface area contributed by atoms with E-state index in [9.17, 15) is 9.59 Å². The monoisotopic (exact) mass is 572 g/mol. The number of nitrogens with one attached hydrogen (secondary N) is 1. The molecule has 0 radical (unpaired) electrons. The van der Waals surface area contributed by atoms with Crippen LogP contribution in [0.4, 0.5) is 0 Å². The second-order valence-corrected chi connectivity index (χ2v) is 11.9. The minimum absolute atomic E-state index is 0.0304. The summed E-state index contributed by atoms with van der Waals surface area (Å²) in [5.74, 6) is 1.20. The fraction of sp³-hybridized carbons (Fsp3) is 0.765. The molecule has 1 aromatic carbocycles. The third kappa shape index (κ3) is 12.6. The van der Waals surface area contributed by atoms with Crippen molar-refractivity contribution in [1.82, 2.24) is 10.2 Å². The Kier molecular flexibility index (Phi) is 16.0. The number of amides is 1. The number of esters is 1. The Morgan fingerprint density at radius 2 is 1.39 bits per heavy atom. The maximum atomic E-state index is 13.2. The molecule has 2 atom stereocenters. The van der Waals surface area contributed by atoms with Gasteiger partial charge in [0.25, 0.3) is 0 Å². The van der Waals surface area contributed by atoms with Crippen LogP contribution in [0.15, 0.2) is 18.2 Å². The summed E-state index contributed by atoms with van der Waals surface area (Å²) in [6.07, 6.45) is 17.7. The van der Waals surface area contributed by atoms with Gasteiger partial charge in [-0.2, -0.15) is 0 Å². The standard InChI is InChI=1S/C34H56N2O5/c1-3-5-7-9-10-11-12-13-15-19-33(38)41-34(28-20-21-30-31(26-28)40-25-24-39-30)29(27-36-22-16-17-23-36)35-32(37)18-14-8-6-4-2/h20-21,26,29,34H,3-19,22-25,27H2,1-2H3,(H,35,37)/t29-,34-/m1/s1. The van der Waals surface area contributed by atoms with E-state index < -0.39 is 6.10 Å². The Bertz CT molecular complexity index is 886. The lowest BCUT2D eigenvalue weighted by molar-refractivity contribution is -0.152. The molecular formula is C34H56N2O5. The van der Waals surface area contributed by atoms with Gasteiger partial charge in [-0.25, -0.2) is 0 Å². The first-order valence-electron chi connectivity index (χ1n) is 16.7. The minimum Gasteiger partial charge on any atom is -0.486 e. The Morgan fingerprint density at radius 3 is 2.07 bits per heavy atom. The van der Waals surface area contributed by atoms with Gasteiger partial charge in [-0.05, 0) is 56.5 Å². The van der Waals surface area contributed by atoms with Crippen LogP contribution in [0.25, 0.3) is 0 Å². The van der Waals surface area contributed by atoms with Gasteiger partial charge < -0.3 is 24.4 Å². The highest BCUT2D eigenvalue weighted by molar-refractivity contribution is 5.76. The van der Waals surface area contributed by atoms with Crippen molar-refractivity contribution in [3.8, 4) is 11.5 Å². The summed E-state index contributed by atoms with van der Waals surface area (Å²) in [7, 11) is 0. The van der Waals surface area contributed by atoms with Crippen molar-refractivity contribution in [2.24, 2.45) is 0 Å². The predicted octanol–water partition coefficient (Wildman–Crippen LogP) is 7.51. The summed E-state index contributed by atoms with van der Waals surface area (Å²) in [6, 6.07) is 5.44. The van der Waals surface area contributed by atoms with Crippen LogP contribution in [-0.4, -0.2) is 55.7 Å². The molecule has 0 aliphatic carbocycles. The largest absolute Gasteiger partial charge is 0.486 e. The minimum atomic E-state index is -0.586. The van der Waals surface area contributed by atoms with E-state index in [0.717, 1.165) is 76.4 Å². The van der Waals surface area contributed by atoms with Crippen molar-refractivity contribution in [2.45, 2.75) is 135 Å². The summed E-state index contributed by atoms with van der Waals surface area (Å²) >= 11 is 0. The fourth-order valence-electron chi connectivity index (χ4n) is 5.85. The molecule has 2 heterocycles. The summed E-state index contributed by atoms with van der Waals surface area (Å²) in [5, 5.41) is 3.28. The third-order valence-electron chi connectivity index (χ3n) is 8.26. The Morgan fingerprint density at radius 1 is 0.805 bits per heavy atom. The van der Waals surface area contributed by atoms with Gasteiger partial charge in [0.1, 0.15) is 19.3 Å². The molecule has 0 saturated carbocycles. The van der Waals surface area contributed by atoms with E-state index in [1.165, 1.54) is 38.5 Å². The van der Waals surface area contributed by atoms with Crippen LogP contribution in [0.1, 0.15) is 135 Å². The molecule has 1 aromatic rings. The van der Waals surface area contributed by atoms with E-state index in [1.807, 2.05) is 18.2 Å². The van der Waals surface area contributed by atoms with E-state index in [1.54, 1.807) is 0 Å². The fourth-order valence-corrected chi connectivity index (χ4v) is 5.85. The molecule has 1 N–H and O–H groups in total. The zero-order valence-electron chi connectivity index (χ0n) is 25.9. The summed E-state index contributed by atoms with van der Waals surface area (Å²) in [5.41, 5.74) is 0.838. The number of likely N-dealkylation sites (tertiary alicyclic amines) is 1. The van der Waals surface area contributed by atoms with Crippen molar-refractivity contribution >= 4 is 11.9 Å². The summed E-state index contributed by atoms with van der Waals surface area (Å²) in [4.78, 5) is 28.7. The van der Waals surface area contributed by atoms with Crippen LogP contribution in [0.5, 0.6) is 11.5 Å². The van der Waals surface area contributed by atoms with Gasteiger partial charge in [-0.15, -0.1) is 0 Å². The lowest BCUT2D eigenvalue weighted by atomic mass is 9.99. The number of rotatable bonds is 21. The summed E-state index contributed by atoms with van der Waals surface area (Å²) < 4.78 is 17.8. The normalized spacial score (nSPS) is 16.3. The molecule has 2 aliphatic rings. The summed E-state index contributed by atoms with van der Waals surface area (Å²) in [6.45, 7) is 8.10. The maximum absolute atomic E-state index is 13.2. The van der Waals surface area contributed by atoms with Crippen LogP contribution in [-0.2, 0) is 14.3 Å². The molecule has 41 heavy (non-hydrogen) atoms. The molecule has 0 unspecified atom stereocenters. The molecule has 0 aromatic heterocycles. The number of hydrogen-bond acceptors (Lipinski definition) is 6. The quantitative estimate of drug-likeness (QED) is 0.121. The average molecular weight is 573 g/mol. The first-order valence-corrected chi connectivity index (χ1v) is 16.7. The number of ether oxygens (including phenoxy) is 3. The van der Waals surface area contributed by atoms with E-state index >= 15 is 0 Å². The average Bonchev–Trinajstić information content (AvgIpc) is 3.50. The highest BCUT2D eigenvalue weighted by Crippen LogP contribution is 2.35. The molecule has 0 bridgehead atoms. The van der Waals surface area contributed by atoms with Crippen LogP contribution >= 0.6 is 0 Å². The van der Waals surface area contributed by atoms with Crippen molar-refractivity contribution in [3.05, 3.63) is 23.8 Å². The lowest BCUT2D eigenvalue weighted by Crippen LogP contribution is -2.47. The zero-order chi connectivity index (χ0) is 29.1. The second kappa shape index (κ2) is 19.8. The van der Waals surface area contributed by atoms with Crippen molar-refractivity contribution in [1.29, 1.82) is 0 Å². The van der Waals surface area contributed by atoms with Gasteiger partial charge >= 0.3 is 5.97 Å². The van der Waals surface area contributed by atoms with E-state index in [4.69, 9.17) is 14.2 Å². The van der Waals surface area contributed by atoms with Crippen LogP contribution < -0.4 is 14.8 Å². The Labute approximate surface area is 249 Å². The van der Waals surface area contributed by atoms with Gasteiger partial charge in [0.05, 0.1) is 6.04 Å². The molecule has 1 fully saturated rings. The van der Waals surface area contributed by atoms with Gasteiger partial charge in [-0.3, -0.25) is 9.59 Å². The van der Waals surface area contributed by atoms with Crippen LogP contribution in [0.2, 0.25) is 0 Å². The number of unbranched alkanes of at least 4 members (excludes halogenated alkanes) is 11. The number of nitrogens with zero attached hydrogens (tertiary/aromatic N) is 1. The number of fused-ring (bicyclic) bond motifs is 1. The van der Waals surface area contributed by atoms with Gasteiger partial charge in [0.2, 0.25) is 5.91 Å². The highest BCUT2D eigenvalue weighted by atomic mass is 16.6. The molecule has 2 aliphatic heterocycles. The number of benzene rings is 1. The molecule has 3 rings (SSSR count). The van der Waals surface area contributed by atoms with Crippen molar-refractivity contribution in [3.63, 3.8) is 0 Å². The molecule has 232 valence electrons. The Hall–Kier alpha value is -2.28. The second-order valence-electron chi connectivity index (χ2n) is 11.9. The molecule has 1 amide bonds. The number of carbonyl (C=O) groups is 2. The number of hydrogen-bond donors (Lipinski definition) is 1. The lowest BCUT2D eigenvalue weighted by Gasteiger charge is -2.32. The maximum Gasteiger partial charge on any atom is 0.306 e. The molecule has 0 spiro atoms. The zero-order valence-corrected chi connectivity index (χ0v) is 25.9. The van der Waals surface area contributed by atoms with E-state index in [2.05, 4.69) is 24.1 Å². The Balaban J connectivity index is 1.65. The SMILES string of the molecule is CCCCCCCCCCCC(=O)O[C@H](c1ccc2c(c1)OCCO2)[C@@H](CN1CCCC1)NC(=O)CCCCCC. The number of carbonyl (C=O) groups excluding carboxylic acids is 2. The highest BCUT2D eigenvalue weighted by Gasteiger charge is 2.32. The van der Waals surface area contributed by atoms with Gasteiger partial charge in [-0.1, -0.05) is 90.5 Å².